The van der Waals surface area contributed by atoms with Gasteiger partial charge in [0.15, 0.2) is 0 Å². The zero-order valence-electron chi connectivity index (χ0n) is 9.25. The topological polar surface area (TPSA) is 38.3 Å². The number of thioether (sulfide) groups is 1. The highest BCUT2D eigenvalue weighted by Crippen LogP contribution is 2.39. The molecule has 0 radical (unpaired) electrons. The fourth-order valence-electron chi connectivity index (χ4n) is 2.71. The van der Waals surface area contributed by atoms with E-state index in [9.17, 15) is 4.79 Å². The van der Waals surface area contributed by atoms with E-state index < -0.39 is 0 Å². The third kappa shape index (κ3) is 2.16. The maximum atomic E-state index is 11.8. The Morgan fingerprint density at radius 3 is 2.93 bits per heavy atom. The Balaban J connectivity index is 2.06. The van der Waals surface area contributed by atoms with Crippen molar-refractivity contribution >= 4 is 17.7 Å². The van der Waals surface area contributed by atoms with E-state index in [2.05, 4.69) is 5.32 Å². The predicted molar refractivity (Wildman–Crippen MR) is 62.0 cm³/mol. The molecule has 2 aliphatic heterocycles. The van der Waals surface area contributed by atoms with Crippen molar-refractivity contribution < 1.29 is 9.53 Å². The normalized spacial score (nSPS) is 29.3. The van der Waals surface area contributed by atoms with Crippen LogP contribution in [0.5, 0.6) is 0 Å². The third-order valence-electron chi connectivity index (χ3n) is 3.53. The van der Waals surface area contributed by atoms with Crippen molar-refractivity contribution in [3.8, 4) is 0 Å². The quantitative estimate of drug-likeness (QED) is 0.727. The minimum absolute atomic E-state index is 0.00870. The lowest BCUT2D eigenvalue weighted by Crippen LogP contribution is -2.50. The summed E-state index contributed by atoms with van der Waals surface area (Å²) in [6.45, 7) is 3.35. The van der Waals surface area contributed by atoms with Gasteiger partial charge in [-0.25, -0.2) is 0 Å². The molecule has 0 saturated carbocycles. The Kier molecular flexibility index (Phi) is 3.57. The molecule has 1 N–H and O–H groups in total. The molecule has 2 fully saturated rings. The van der Waals surface area contributed by atoms with Crippen molar-refractivity contribution in [1.82, 2.24) is 5.32 Å². The van der Waals surface area contributed by atoms with Gasteiger partial charge in [-0.15, -0.1) is 0 Å². The maximum Gasteiger partial charge on any atom is 0.310 e. The van der Waals surface area contributed by atoms with E-state index in [0.717, 1.165) is 25.8 Å². The Labute approximate surface area is 95.3 Å². The highest BCUT2D eigenvalue weighted by Gasteiger charge is 2.47. The molecule has 86 valence electrons. The van der Waals surface area contributed by atoms with Crippen LogP contribution in [-0.4, -0.2) is 36.2 Å². The van der Waals surface area contributed by atoms with Crippen LogP contribution in [0.4, 0.5) is 0 Å². The summed E-state index contributed by atoms with van der Waals surface area (Å²) in [5.41, 5.74) is 0.0670. The molecule has 0 aliphatic carbocycles. The van der Waals surface area contributed by atoms with Gasteiger partial charge in [-0.3, -0.25) is 4.79 Å². The van der Waals surface area contributed by atoms with Crippen molar-refractivity contribution in [2.24, 2.45) is 5.92 Å². The van der Waals surface area contributed by atoms with Crippen molar-refractivity contribution in [1.29, 1.82) is 0 Å². The molecule has 3 nitrogen and oxygen atoms in total. The van der Waals surface area contributed by atoms with Gasteiger partial charge < -0.3 is 10.1 Å². The summed E-state index contributed by atoms with van der Waals surface area (Å²) in [6, 6.07) is 0. The second kappa shape index (κ2) is 4.74. The van der Waals surface area contributed by atoms with Crippen LogP contribution in [0.25, 0.3) is 0 Å². The first-order valence-corrected chi connectivity index (χ1v) is 6.93. The highest BCUT2D eigenvalue weighted by atomic mass is 32.2. The summed E-state index contributed by atoms with van der Waals surface area (Å²) >= 11 is 1.99. The molecule has 0 aromatic rings. The van der Waals surface area contributed by atoms with Crippen LogP contribution in [0.3, 0.4) is 0 Å². The number of hydrogen-bond donors (Lipinski definition) is 1. The van der Waals surface area contributed by atoms with Crippen LogP contribution in [0.1, 0.15) is 26.2 Å². The lowest BCUT2D eigenvalue weighted by Gasteiger charge is -2.37. The molecule has 15 heavy (non-hydrogen) atoms. The van der Waals surface area contributed by atoms with Crippen LogP contribution in [0.15, 0.2) is 0 Å². The van der Waals surface area contributed by atoms with E-state index in [4.69, 9.17) is 4.74 Å². The first-order valence-electron chi connectivity index (χ1n) is 5.78. The number of carbonyl (C=O) groups is 1. The second-order valence-electron chi connectivity index (χ2n) is 4.29. The Hall–Kier alpha value is -0.220. The van der Waals surface area contributed by atoms with Gasteiger partial charge >= 0.3 is 5.97 Å². The summed E-state index contributed by atoms with van der Waals surface area (Å²) in [4.78, 5) is 11.8. The molecule has 4 heteroatoms. The van der Waals surface area contributed by atoms with E-state index in [1.54, 1.807) is 0 Å². The van der Waals surface area contributed by atoms with Gasteiger partial charge in [0, 0.05) is 5.54 Å². The van der Waals surface area contributed by atoms with Gasteiger partial charge in [0.05, 0.1) is 12.5 Å². The predicted octanol–water partition coefficient (Wildman–Crippen LogP) is 1.42. The lowest BCUT2D eigenvalue weighted by molar-refractivity contribution is -0.150. The van der Waals surface area contributed by atoms with Crippen LogP contribution in [0, 0.1) is 5.92 Å². The summed E-state index contributed by atoms with van der Waals surface area (Å²) in [5, 5.41) is 3.55. The Morgan fingerprint density at radius 1 is 1.53 bits per heavy atom. The van der Waals surface area contributed by atoms with Gasteiger partial charge in [-0.1, -0.05) is 0 Å². The maximum absolute atomic E-state index is 11.8. The fraction of sp³-hybridized carbons (Fsp3) is 0.909. The van der Waals surface area contributed by atoms with Gasteiger partial charge in [0.1, 0.15) is 0 Å². The van der Waals surface area contributed by atoms with Gasteiger partial charge in [0.25, 0.3) is 0 Å². The number of esters is 1. The molecular weight excluding hydrogens is 210 g/mol. The Bertz CT molecular complexity index is 239. The molecule has 2 aliphatic rings. The minimum atomic E-state index is 0.00870. The van der Waals surface area contributed by atoms with E-state index in [1.807, 2.05) is 18.7 Å². The van der Waals surface area contributed by atoms with Crippen LogP contribution >= 0.6 is 11.8 Å². The fourth-order valence-corrected chi connectivity index (χ4v) is 3.93. The standard InChI is InChI=1S/C11H19NO2S/c1-2-14-10(13)9-3-6-12-11(9)4-7-15-8-5-11/h9,12H,2-8H2,1H3. The second-order valence-corrected chi connectivity index (χ2v) is 5.51. The minimum Gasteiger partial charge on any atom is -0.466 e. The molecule has 0 aromatic heterocycles. The molecule has 2 heterocycles. The van der Waals surface area contributed by atoms with Crippen molar-refractivity contribution in [2.75, 3.05) is 24.7 Å². The Morgan fingerprint density at radius 2 is 2.27 bits per heavy atom. The largest absolute Gasteiger partial charge is 0.466 e. The molecule has 2 rings (SSSR count). The molecular formula is C11H19NO2S. The number of hydrogen-bond acceptors (Lipinski definition) is 4. The van der Waals surface area contributed by atoms with E-state index in [-0.39, 0.29) is 17.4 Å². The van der Waals surface area contributed by atoms with Crippen molar-refractivity contribution in [2.45, 2.75) is 31.7 Å². The molecule has 1 unspecified atom stereocenters. The number of nitrogens with one attached hydrogen (secondary N) is 1. The monoisotopic (exact) mass is 229 g/mol. The van der Waals surface area contributed by atoms with Crippen LogP contribution in [-0.2, 0) is 9.53 Å². The molecule has 2 saturated heterocycles. The smallest absolute Gasteiger partial charge is 0.310 e. The number of rotatable bonds is 2. The molecule has 1 spiro atoms. The first kappa shape index (κ1) is 11.3. The zero-order chi connectivity index (χ0) is 10.7. The van der Waals surface area contributed by atoms with E-state index in [0.29, 0.717) is 6.61 Å². The van der Waals surface area contributed by atoms with Crippen molar-refractivity contribution in [3.05, 3.63) is 0 Å². The molecule has 1 atom stereocenters. The SMILES string of the molecule is CCOC(=O)C1CCNC12CCSCC2. The summed E-state index contributed by atoms with van der Waals surface area (Å²) in [7, 11) is 0. The number of carbonyl (C=O) groups excluding carboxylic acids is 1. The van der Waals surface area contributed by atoms with E-state index in [1.165, 1.54) is 11.5 Å². The lowest BCUT2D eigenvalue weighted by atomic mass is 9.80. The van der Waals surface area contributed by atoms with Crippen LogP contribution < -0.4 is 5.32 Å². The first-order chi connectivity index (χ1) is 7.28. The average Bonchev–Trinajstić information content (AvgIpc) is 2.63. The van der Waals surface area contributed by atoms with Gasteiger partial charge in [-0.05, 0) is 44.2 Å². The zero-order valence-corrected chi connectivity index (χ0v) is 10.1. The van der Waals surface area contributed by atoms with Gasteiger partial charge in [-0.2, -0.15) is 11.8 Å². The van der Waals surface area contributed by atoms with Crippen molar-refractivity contribution in [3.63, 3.8) is 0 Å². The third-order valence-corrected chi connectivity index (χ3v) is 4.52. The summed E-state index contributed by atoms with van der Waals surface area (Å²) < 4.78 is 5.17. The molecule has 0 bridgehead atoms. The van der Waals surface area contributed by atoms with Crippen LogP contribution in [0.2, 0.25) is 0 Å². The molecule has 0 aromatic carbocycles. The van der Waals surface area contributed by atoms with E-state index >= 15 is 0 Å². The average molecular weight is 229 g/mol. The highest BCUT2D eigenvalue weighted by molar-refractivity contribution is 7.99. The summed E-state index contributed by atoms with van der Waals surface area (Å²) in [6.07, 6.45) is 3.17. The number of ether oxygens (including phenoxy) is 1. The summed E-state index contributed by atoms with van der Waals surface area (Å²) in [5.74, 6) is 2.44. The van der Waals surface area contributed by atoms with Gasteiger partial charge in [0.2, 0.25) is 0 Å². The molecule has 0 amide bonds.